The molecule has 3 aromatic rings. The number of rotatable bonds is 5. The summed E-state index contributed by atoms with van der Waals surface area (Å²) in [6.07, 6.45) is 0. The molecule has 0 saturated heterocycles. The third kappa shape index (κ3) is 4.84. The molecule has 1 aliphatic heterocycles. The van der Waals surface area contributed by atoms with Crippen molar-refractivity contribution in [3.63, 3.8) is 0 Å². The second kappa shape index (κ2) is 9.45. The van der Waals surface area contributed by atoms with Crippen LogP contribution < -0.4 is 15.0 Å². The van der Waals surface area contributed by atoms with Crippen molar-refractivity contribution in [1.82, 2.24) is 0 Å². The smallest absolute Gasteiger partial charge is 0.343 e. The number of amides is 2. The first kappa shape index (κ1) is 23.1. The summed E-state index contributed by atoms with van der Waals surface area (Å²) in [5, 5.41) is 3.46. The number of hydrogen-bond donors (Lipinski definition) is 1. The average Bonchev–Trinajstić information content (AvgIpc) is 2.99. The highest BCUT2D eigenvalue weighted by molar-refractivity contribution is 6.53. The van der Waals surface area contributed by atoms with Crippen molar-refractivity contribution in [2.45, 2.75) is 0 Å². The number of carbonyl (C=O) groups is 3. The number of nitrogens with one attached hydrogen (secondary N) is 1. The van der Waals surface area contributed by atoms with Gasteiger partial charge < -0.3 is 10.1 Å². The van der Waals surface area contributed by atoms with Crippen LogP contribution in [0, 0.1) is 0 Å². The number of esters is 1. The van der Waals surface area contributed by atoms with E-state index < -0.39 is 17.8 Å². The Bertz CT molecular complexity index is 1320. The molecule has 0 unspecified atom stereocenters. The maximum absolute atomic E-state index is 12.9. The molecule has 3 aromatic carbocycles. The van der Waals surface area contributed by atoms with Crippen LogP contribution in [0.3, 0.4) is 0 Å². The molecule has 0 saturated carbocycles. The van der Waals surface area contributed by atoms with E-state index in [2.05, 4.69) is 5.32 Å². The third-order valence-corrected chi connectivity index (χ3v) is 5.91. The summed E-state index contributed by atoms with van der Waals surface area (Å²) >= 11 is 23.9. The molecule has 0 aliphatic carbocycles. The lowest BCUT2D eigenvalue weighted by molar-refractivity contribution is -0.120. The Morgan fingerprint density at radius 3 is 2.21 bits per heavy atom. The Morgan fingerprint density at radius 2 is 1.55 bits per heavy atom. The molecule has 0 radical (unpaired) electrons. The molecule has 1 aliphatic rings. The predicted octanol–water partition coefficient (Wildman–Crippen LogP) is 6.30. The zero-order chi connectivity index (χ0) is 23.7. The minimum Gasteiger partial charge on any atom is -0.423 e. The van der Waals surface area contributed by atoms with Gasteiger partial charge in [0.05, 0.1) is 21.3 Å². The van der Waals surface area contributed by atoms with E-state index in [-0.39, 0.29) is 32.0 Å². The van der Waals surface area contributed by atoms with Crippen molar-refractivity contribution in [3.8, 4) is 5.75 Å². The molecular weight excluding hydrogens is 510 g/mol. The van der Waals surface area contributed by atoms with E-state index in [1.54, 1.807) is 30.3 Å². The first-order chi connectivity index (χ1) is 15.7. The Morgan fingerprint density at radius 1 is 0.818 bits per heavy atom. The standard InChI is InChI=1S/C23H12Cl4N2O4/c24-13-2-1-3-16(10-13)33-23(32)12-4-6-14(7-5-12)28-20-19(27)21(30)29(22(20)31)15-8-9-17(25)18(26)11-15/h1-11,28H. The van der Waals surface area contributed by atoms with Crippen molar-refractivity contribution in [2.75, 3.05) is 10.2 Å². The number of halogens is 4. The highest BCUT2D eigenvalue weighted by Crippen LogP contribution is 2.33. The summed E-state index contributed by atoms with van der Waals surface area (Å²) in [5.74, 6) is -1.64. The van der Waals surface area contributed by atoms with Gasteiger partial charge in [0.2, 0.25) is 0 Å². The van der Waals surface area contributed by atoms with E-state index in [9.17, 15) is 14.4 Å². The topological polar surface area (TPSA) is 75.7 Å². The van der Waals surface area contributed by atoms with E-state index in [0.29, 0.717) is 16.5 Å². The largest absolute Gasteiger partial charge is 0.423 e. The van der Waals surface area contributed by atoms with Gasteiger partial charge in [0.15, 0.2) is 0 Å². The molecule has 0 atom stereocenters. The number of carbonyl (C=O) groups excluding carboxylic acids is 3. The van der Waals surface area contributed by atoms with Gasteiger partial charge in [-0.3, -0.25) is 9.59 Å². The van der Waals surface area contributed by atoms with Gasteiger partial charge in [0.25, 0.3) is 11.8 Å². The molecule has 166 valence electrons. The molecule has 6 nitrogen and oxygen atoms in total. The van der Waals surface area contributed by atoms with Gasteiger partial charge >= 0.3 is 5.97 Å². The van der Waals surface area contributed by atoms with E-state index >= 15 is 0 Å². The first-order valence-electron chi connectivity index (χ1n) is 9.33. The monoisotopic (exact) mass is 520 g/mol. The number of hydrogen-bond acceptors (Lipinski definition) is 5. The summed E-state index contributed by atoms with van der Waals surface area (Å²) in [5.41, 5.74) is 0.821. The van der Waals surface area contributed by atoms with Crippen molar-refractivity contribution in [1.29, 1.82) is 0 Å². The fourth-order valence-corrected chi connectivity index (χ4v) is 3.69. The van der Waals surface area contributed by atoms with Crippen molar-refractivity contribution >= 4 is 75.6 Å². The lowest BCUT2D eigenvalue weighted by Crippen LogP contribution is -2.32. The van der Waals surface area contributed by atoms with Crippen LogP contribution >= 0.6 is 46.4 Å². The van der Waals surface area contributed by atoms with Gasteiger partial charge in [-0.25, -0.2) is 9.69 Å². The molecular formula is C23H12Cl4N2O4. The highest BCUT2D eigenvalue weighted by Gasteiger charge is 2.39. The zero-order valence-electron chi connectivity index (χ0n) is 16.4. The van der Waals surface area contributed by atoms with E-state index in [4.69, 9.17) is 51.1 Å². The van der Waals surface area contributed by atoms with Crippen LogP contribution in [0.15, 0.2) is 77.5 Å². The summed E-state index contributed by atoms with van der Waals surface area (Å²) in [6.45, 7) is 0. The number of benzene rings is 3. The lowest BCUT2D eigenvalue weighted by Gasteiger charge is -2.15. The van der Waals surface area contributed by atoms with Gasteiger partial charge in [0.1, 0.15) is 16.5 Å². The molecule has 33 heavy (non-hydrogen) atoms. The maximum atomic E-state index is 12.9. The molecule has 10 heteroatoms. The molecule has 0 fully saturated rings. The quantitative estimate of drug-likeness (QED) is 0.242. The molecule has 0 spiro atoms. The number of anilines is 2. The Labute approximate surface area is 208 Å². The molecule has 2 amide bonds. The van der Waals surface area contributed by atoms with Crippen molar-refractivity contribution < 1.29 is 19.1 Å². The van der Waals surface area contributed by atoms with Crippen LogP contribution in [-0.4, -0.2) is 17.8 Å². The second-order valence-corrected chi connectivity index (χ2v) is 8.41. The highest BCUT2D eigenvalue weighted by atomic mass is 35.5. The van der Waals surface area contributed by atoms with Crippen molar-refractivity contribution in [2.24, 2.45) is 0 Å². The average molecular weight is 522 g/mol. The summed E-state index contributed by atoms with van der Waals surface area (Å²) in [7, 11) is 0. The van der Waals surface area contributed by atoms with Crippen LogP contribution in [0.4, 0.5) is 11.4 Å². The predicted molar refractivity (Wildman–Crippen MR) is 128 cm³/mol. The second-order valence-electron chi connectivity index (χ2n) is 6.78. The first-order valence-corrected chi connectivity index (χ1v) is 10.8. The molecule has 4 rings (SSSR count). The molecule has 0 aromatic heterocycles. The zero-order valence-corrected chi connectivity index (χ0v) is 19.5. The Kier molecular flexibility index (Phi) is 6.63. The number of imide groups is 1. The molecule has 1 N–H and O–H groups in total. The fraction of sp³-hybridized carbons (Fsp3) is 0. The van der Waals surface area contributed by atoms with Gasteiger partial charge in [-0.1, -0.05) is 52.5 Å². The van der Waals surface area contributed by atoms with Crippen LogP contribution in [0.1, 0.15) is 10.4 Å². The van der Waals surface area contributed by atoms with Gasteiger partial charge in [-0.15, -0.1) is 0 Å². The van der Waals surface area contributed by atoms with E-state index in [1.807, 2.05) is 0 Å². The summed E-state index contributed by atoms with van der Waals surface area (Å²) in [4.78, 5) is 38.7. The van der Waals surface area contributed by atoms with Crippen LogP contribution in [0.25, 0.3) is 0 Å². The normalized spacial score (nSPS) is 13.5. The van der Waals surface area contributed by atoms with Gasteiger partial charge in [-0.05, 0) is 60.7 Å². The number of ether oxygens (including phenoxy) is 1. The van der Waals surface area contributed by atoms with E-state index in [1.165, 1.54) is 36.4 Å². The Hall–Kier alpha value is -3.03. The lowest BCUT2D eigenvalue weighted by atomic mass is 10.2. The van der Waals surface area contributed by atoms with Crippen molar-refractivity contribution in [3.05, 3.63) is 98.1 Å². The summed E-state index contributed by atoms with van der Waals surface area (Å²) in [6, 6.07) is 16.9. The molecule has 1 heterocycles. The van der Waals surface area contributed by atoms with E-state index in [0.717, 1.165) is 4.90 Å². The van der Waals surface area contributed by atoms with Crippen LogP contribution in [0.2, 0.25) is 15.1 Å². The summed E-state index contributed by atoms with van der Waals surface area (Å²) < 4.78 is 5.28. The minimum absolute atomic E-state index is 0.109. The minimum atomic E-state index is -0.704. The SMILES string of the molecule is O=C(Oc1cccc(Cl)c1)c1ccc(NC2=C(Cl)C(=O)N(c3ccc(Cl)c(Cl)c3)C2=O)cc1. The fourth-order valence-electron chi connectivity index (χ4n) is 3.00. The Balaban J connectivity index is 1.49. The van der Waals surface area contributed by atoms with Gasteiger partial charge in [-0.2, -0.15) is 0 Å². The van der Waals surface area contributed by atoms with Crippen LogP contribution in [0.5, 0.6) is 5.75 Å². The number of nitrogens with zero attached hydrogens (tertiary/aromatic N) is 1. The maximum Gasteiger partial charge on any atom is 0.343 e. The third-order valence-electron chi connectivity index (χ3n) is 4.59. The van der Waals surface area contributed by atoms with Gasteiger partial charge in [0, 0.05) is 10.7 Å². The molecule has 0 bridgehead atoms. The van der Waals surface area contributed by atoms with Crippen LogP contribution in [-0.2, 0) is 9.59 Å².